The van der Waals surface area contributed by atoms with Crippen LogP contribution in [0.15, 0.2) is 54.9 Å². The van der Waals surface area contributed by atoms with Gasteiger partial charge in [0.15, 0.2) is 12.3 Å². The summed E-state index contributed by atoms with van der Waals surface area (Å²) < 4.78 is 34.9. The Labute approximate surface area is 202 Å². The maximum atomic E-state index is 13.8. The molecule has 5 rings (SSSR count). The van der Waals surface area contributed by atoms with E-state index in [9.17, 15) is 8.78 Å². The second-order valence-corrected chi connectivity index (χ2v) is 9.04. The number of hydrogen-bond acceptors (Lipinski definition) is 6. The van der Waals surface area contributed by atoms with Crippen molar-refractivity contribution in [1.82, 2.24) is 19.7 Å². The first-order valence-electron chi connectivity index (χ1n) is 11.7. The number of nitrogens with one attached hydrogen (secondary N) is 1. The van der Waals surface area contributed by atoms with Crippen molar-refractivity contribution >= 4 is 22.4 Å². The molecular formula is C26H28F2N6O. The number of methoxy groups -OCH3 is 1. The summed E-state index contributed by atoms with van der Waals surface area (Å²) in [5, 5.41) is 9.21. The fourth-order valence-corrected chi connectivity index (χ4v) is 4.39. The minimum absolute atomic E-state index is 0.0268. The van der Waals surface area contributed by atoms with Gasteiger partial charge < -0.3 is 15.0 Å². The number of benzene rings is 1. The number of nitrogens with zero attached hydrogens (tertiary/aromatic N) is 5. The molecule has 0 saturated carbocycles. The number of rotatable bonds is 7. The van der Waals surface area contributed by atoms with Crippen molar-refractivity contribution in [2.75, 3.05) is 30.4 Å². The van der Waals surface area contributed by atoms with Gasteiger partial charge >= 0.3 is 0 Å². The van der Waals surface area contributed by atoms with Crippen LogP contribution in [0, 0.1) is 0 Å². The Morgan fingerprint density at radius 2 is 1.74 bits per heavy atom. The van der Waals surface area contributed by atoms with Crippen LogP contribution in [0.2, 0.25) is 0 Å². The lowest BCUT2D eigenvalue weighted by molar-refractivity contribution is 0.217. The van der Waals surface area contributed by atoms with Crippen LogP contribution in [0.3, 0.4) is 0 Å². The summed E-state index contributed by atoms with van der Waals surface area (Å²) in [6.07, 6.45) is 0.452. The molecule has 0 unspecified atom stereocenters. The van der Waals surface area contributed by atoms with Crippen molar-refractivity contribution in [3.05, 3.63) is 60.4 Å². The van der Waals surface area contributed by atoms with Gasteiger partial charge in [-0.3, -0.25) is 9.67 Å². The van der Waals surface area contributed by atoms with Crippen LogP contribution in [-0.4, -0.2) is 58.3 Å². The van der Waals surface area contributed by atoms with E-state index in [1.165, 1.54) is 0 Å². The molecule has 0 bridgehead atoms. The minimum Gasteiger partial charge on any atom is -0.497 e. The molecule has 35 heavy (non-hydrogen) atoms. The van der Waals surface area contributed by atoms with Gasteiger partial charge in [-0.05, 0) is 49.7 Å². The number of pyridine rings is 2. The molecule has 0 amide bonds. The quantitative estimate of drug-likeness (QED) is 0.409. The van der Waals surface area contributed by atoms with Crippen LogP contribution < -0.4 is 15.0 Å². The molecule has 4 heterocycles. The van der Waals surface area contributed by atoms with E-state index in [0.29, 0.717) is 17.9 Å². The molecule has 1 aliphatic heterocycles. The Kier molecular flexibility index (Phi) is 6.23. The first-order chi connectivity index (χ1) is 16.9. The van der Waals surface area contributed by atoms with E-state index in [2.05, 4.69) is 29.1 Å². The SMILES string of the molecule is COc1ccc(Cn2nc(-c3cc(N4C[C@@H](F)[C@H](F)C4)ccn3)c3c(NC(C)C)nccc32)cc1. The zero-order valence-corrected chi connectivity index (χ0v) is 19.9. The highest BCUT2D eigenvalue weighted by Crippen LogP contribution is 2.34. The van der Waals surface area contributed by atoms with E-state index in [-0.39, 0.29) is 19.1 Å². The summed E-state index contributed by atoms with van der Waals surface area (Å²) in [4.78, 5) is 10.9. The zero-order valence-electron chi connectivity index (χ0n) is 19.9. The molecule has 0 spiro atoms. The Morgan fingerprint density at radius 3 is 2.43 bits per heavy atom. The van der Waals surface area contributed by atoms with E-state index in [4.69, 9.17) is 9.84 Å². The standard InChI is InChI=1S/C26H28F2N6O/c1-16(2)31-26-24-23(9-11-30-26)34(13-17-4-6-19(35-3)7-5-17)32-25(24)22-12-18(8-10-29-22)33-14-20(27)21(28)15-33/h4-12,16,20-21H,13-15H2,1-3H3,(H,30,31)/t20-,21-/m1/s1. The number of hydrogen-bond donors (Lipinski definition) is 1. The van der Waals surface area contributed by atoms with Crippen molar-refractivity contribution in [2.45, 2.75) is 38.8 Å². The third-order valence-corrected chi connectivity index (χ3v) is 6.11. The van der Waals surface area contributed by atoms with Gasteiger partial charge in [0.25, 0.3) is 0 Å². The fourth-order valence-electron chi connectivity index (χ4n) is 4.39. The maximum Gasteiger partial charge on any atom is 0.150 e. The highest BCUT2D eigenvalue weighted by Gasteiger charge is 2.33. The summed E-state index contributed by atoms with van der Waals surface area (Å²) in [5.74, 6) is 1.51. The van der Waals surface area contributed by atoms with Crippen LogP contribution in [0.25, 0.3) is 22.3 Å². The molecule has 1 fully saturated rings. The highest BCUT2D eigenvalue weighted by atomic mass is 19.2. The van der Waals surface area contributed by atoms with Gasteiger partial charge in [-0.2, -0.15) is 5.10 Å². The highest BCUT2D eigenvalue weighted by molar-refractivity contribution is 6.00. The Hall–Kier alpha value is -3.75. The van der Waals surface area contributed by atoms with Crippen molar-refractivity contribution in [2.24, 2.45) is 0 Å². The normalized spacial score (nSPS) is 17.9. The average Bonchev–Trinajstić information content (AvgIpc) is 3.40. The number of fused-ring (bicyclic) bond motifs is 1. The Balaban J connectivity index is 1.59. The second kappa shape index (κ2) is 9.48. The number of anilines is 2. The summed E-state index contributed by atoms with van der Waals surface area (Å²) in [6.45, 7) is 4.70. The lowest BCUT2D eigenvalue weighted by Gasteiger charge is -2.17. The smallest absolute Gasteiger partial charge is 0.150 e. The van der Waals surface area contributed by atoms with Crippen molar-refractivity contribution in [1.29, 1.82) is 0 Å². The summed E-state index contributed by atoms with van der Waals surface area (Å²) in [6, 6.07) is 13.6. The molecular weight excluding hydrogens is 450 g/mol. The number of ether oxygens (including phenoxy) is 1. The second-order valence-electron chi connectivity index (χ2n) is 9.04. The average molecular weight is 479 g/mol. The van der Waals surface area contributed by atoms with Gasteiger partial charge in [0.2, 0.25) is 0 Å². The number of alkyl halides is 2. The Morgan fingerprint density at radius 1 is 1.03 bits per heavy atom. The fraction of sp³-hybridized carbons (Fsp3) is 0.346. The predicted octanol–water partition coefficient (Wildman–Crippen LogP) is 4.87. The molecule has 182 valence electrons. The van der Waals surface area contributed by atoms with Gasteiger partial charge in [0.05, 0.1) is 43.3 Å². The molecule has 0 radical (unpaired) electrons. The maximum absolute atomic E-state index is 13.8. The van der Waals surface area contributed by atoms with Crippen LogP contribution in [-0.2, 0) is 6.54 Å². The first-order valence-corrected chi connectivity index (χ1v) is 11.7. The van der Waals surface area contributed by atoms with Crippen molar-refractivity contribution < 1.29 is 13.5 Å². The molecule has 1 N–H and O–H groups in total. The van der Waals surface area contributed by atoms with Crippen LogP contribution >= 0.6 is 0 Å². The van der Waals surface area contributed by atoms with E-state index < -0.39 is 12.3 Å². The van der Waals surface area contributed by atoms with Gasteiger partial charge in [-0.25, -0.2) is 13.8 Å². The first kappa shape index (κ1) is 23.0. The monoisotopic (exact) mass is 478 g/mol. The van der Waals surface area contributed by atoms with Crippen molar-refractivity contribution in [3.63, 3.8) is 0 Å². The number of aromatic nitrogens is 4. The molecule has 1 saturated heterocycles. The van der Waals surface area contributed by atoms with Crippen LogP contribution in [0.1, 0.15) is 19.4 Å². The molecule has 3 aromatic heterocycles. The van der Waals surface area contributed by atoms with Gasteiger partial charge in [0, 0.05) is 24.1 Å². The van der Waals surface area contributed by atoms with Gasteiger partial charge in [-0.15, -0.1) is 0 Å². The lowest BCUT2D eigenvalue weighted by Crippen LogP contribution is -2.20. The molecule has 0 aliphatic carbocycles. The van der Waals surface area contributed by atoms with Crippen molar-refractivity contribution in [3.8, 4) is 17.1 Å². The molecule has 7 nitrogen and oxygen atoms in total. The molecule has 9 heteroatoms. The predicted molar refractivity (Wildman–Crippen MR) is 134 cm³/mol. The molecule has 1 aliphatic rings. The Bertz CT molecular complexity index is 1310. The zero-order chi connectivity index (χ0) is 24.5. The number of halogens is 2. The molecule has 4 aromatic rings. The minimum atomic E-state index is -1.48. The lowest BCUT2D eigenvalue weighted by atomic mass is 10.1. The third-order valence-electron chi connectivity index (χ3n) is 6.11. The third kappa shape index (κ3) is 4.62. The van der Waals surface area contributed by atoms with Gasteiger partial charge in [-0.1, -0.05) is 12.1 Å². The van der Waals surface area contributed by atoms with Crippen LogP contribution in [0.5, 0.6) is 5.75 Å². The largest absolute Gasteiger partial charge is 0.497 e. The van der Waals surface area contributed by atoms with E-state index in [1.807, 2.05) is 41.1 Å². The summed E-state index contributed by atoms with van der Waals surface area (Å²) in [5.41, 5.74) is 3.99. The summed E-state index contributed by atoms with van der Waals surface area (Å²) >= 11 is 0. The topological polar surface area (TPSA) is 68.1 Å². The van der Waals surface area contributed by atoms with E-state index in [0.717, 1.165) is 33.7 Å². The van der Waals surface area contributed by atoms with E-state index >= 15 is 0 Å². The van der Waals surface area contributed by atoms with E-state index in [1.54, 1.807) is 30.5 Å². The molecule has 1 aromatic carbocycles. The van der Waals surface area contributed by atoms with Crippen LogP contribution in [0.4, 0.5) is 20.3 Å². The van der Waals surface area contributed by atoms with Gasteiger partial charge in [0.1, 0.15) is 17.3 Å². The molecule has 2 atom stereocenters. The summed E-state index contributed by atoms with van der Waals surface area (Å²) in [7, 11) is 1.64.